The van der Waals surface area contributed by atoms with Crippen LogP contribution < -0.4 is 5.73 Å². The van der Waals surface area contributed by atoms with Gasteiger partial charge in [0.25, 0.3) is 5.91 Å². The molecule has 0 radical (unpaired) electrons. The second-order valence-corrected chi connectivity index (χ2v) is 5.67. The van der Waals surface area contributed by atoms with Crippen molar-refractivity contribution in [3.8, 4) is 0 Å². The minimum Gasteiger partial charge on any atom is -0.396 e. The molecular formula is C15H22FN3O. The number of nitrogen functional groups attached to an aromatic ring is 1. The van der Waals surface area contributed by atoms with Crippen LogP contribution in [0.3, 0.4) is 0 Å². The molecule has 1 aliphatic rings. The van der Waals surface area contributed by atoms with Crippen LogP contribution >= 0.6 is 0 Å². The molecule has 1 aliphatic heterocycles. The molecule has 2 N–H and O–H groups in total. The quantitative estimate of drug-likeness (QED) is 0.859. The lowest BCUT2D eigenvalue weighted by molar-refractivity contribution is 0.0747. The maximum Gasteiger partial charge on any atom is 0.253 e. The Balaban J connectivity index is 1.96. The normalized spacial score (nSPS) is 17.1. The van der Waals surface area contributed by atoms with Gasteiger partial charge in [0.2, 0.25) is 0 Å². The molecular weight excluding hydrogens is 257 g/mol. The number of halogens is 1. The molecule has 0 aromatic heterocycles. The maximum absolute atomic E-state index is 13.4. The summed E-state index contributed by atoms with van der Waals surface area (Å²) in [7, 11) is 3.89. The van der Waals surface area contributed by atoms with Crippen molar-refractivity contribution in [3.05, 3.63) is 29.6 Å². The van der Waals surface area contributed by atoms with Crippen LogP contribution in [0.25, 0.3) is 0 Å². The third kappa shape index (κ3) is 3.48. The van der Waals surface area contributed by atoms with Gasteiger partial charge in [-0.2, -0.15) is 0 Å². The van der Waals surface area contributed by atoms with E-state index in [4.69, 9.17) is 5.73 Å². The van der Waals surface area contributed by atoms with E-state index < -0.39 is 5.82 Å². The summed E-state index contributed by atoms with van der Waals surface area (Å²) in [5.74, 6) is -0.162. The summed E-state index contributed by atoms with van der Waals surface area (Å²) < 4.78 is 13.4. The average Bonchev–Trinajstić information content (AvgIpc) is 2.43. The molecule has 0 aliphatic carbocycles. The molecule has 1 fully saturated rings. The summed E-state index contributed by atoms with van der Waals surface area (Å²) in [6, 6.07) is 4.22. The Morgan fingerprint density at radius 1 is 1.45 bits per heavy atom. The number of likely N-dealkylation sites (tertiary alicyclic amines) is 1. The fourth-order valence-electron chi connectivity index (χ4n) is 2.60. The lowest BCUT2D eigenvalue weighted by atomic mass is 9.96. The predicted molar refractivity (Wildman–Crippen MR) is 78.0 cm³/mol. The van der Waals surface area contributed by atoms with E-state index in [1.807, 2.05) is 0 Å². The molecule has 0 atom stereocenters. The Morgan fingerprint density at radius 2 is 2.10 bits per heavy atom. The third-order valence-corrected chi connectivity index (χ3v) is 3.96. The molecule has 110 valence electrons. The van der Waals surface area contributed by atoms with E-state index >= 15 is 0 Å². The summed E-state index contributed by atoms with van der Waals surface area (Å²) in [5.41, 5.74) is 5.85. The van der Waals surface area contributed by atoms with E-state index in [0.717, 1.165) is 32.5 Å². The van der Waals surface area contributed by atoms with Gasteiger partial charge in [0, 0.05) is 19.2 Å². The molecule has 0 spiro atoms. The zero-order chi connectivity index (χ0) is 14.7. The summed E-state index contributed by atoms with van der Waals surface area (Å²) in [5, 5.41) is 0. The molecule has 0 unspecified atom stereocenters. The number of piperidine rings is 1. The Hall–Kier alpha value is -1.62. The second-order valence-electron chi connectivity index (χ2n) is 5.67. The first-order valence-electron chi connectivity index (χ1n) is 6.96. The van der Waals surface area contributed by atoms with Crippen molar-refractivity contribution >= 4 is 11.6 Å². The van der Waals surface area contributed by atoms with Gasteiger partial charge in [-0.15, -0.1) is 0 Å². The molecule has 20 heavy (non-hydrogen) atoms. The number of nitrogens with two attached hydrogens (primary N) is 1. The van der Waals surface area contributed by atoms with Gasteiger partial charge in [0.1, 0.15) is 5.82 Å². The molecule has 0 saturated carbocycles. The molecule has 1 aromatic carbocycles. The first-order valence-corrected chi connectivity index (χ1v) is 6.96. The van der Waals surface area contributed by atoms with Crippen LogP contribution in [-0.2, 0) is 0 Å². The Kier molecular flexibility index (Phi) is 4.60. The summed E-state index contributed by atoms with van der Waals surface area (Å²) in [6.07, 6.45) is 2.20. The molecule has 0 bridgehead atoms. The van der Waals surface area contributed by atoms with Crippen LogP contribution in [0.5, 0.6) is 0 Å². The van der Waals surface area contributed by atoms with Gasteiger partial charge in [-0.3, -0.25) is 4.79 Å². The molecule has 2 rings (SSSR count). The first-order chi connectivity index (χ1) is 9.47. The highest BCUT2D eigenvalue weighted by atomic mass is 19.1. The number of benzene rings is 1. The van der Waals surface area contributed by atoms with Gasteiger partial charge in [-0.05, 0) is 57.1 Å². The van der Waals surface area contributed by atoms with E-state index in [-0.39, 0.29) is 11.6 Å². The Bertz CT molecular complexity index is 484. The van der Waals surface area contributed by atoms with Crippen LogP contribution in [0.15, 0.2) is 18.2 Å². The number of carbonyl (C=O) groups is 1. The van der Waals surface area contributed by atoms with Crippen molar-refractivity contribution in [2.75, 3.05) is 39.5 Å². The van der Waals surface area contributed by atoms with Crippen LogP contribution in [0.4, 0.5) is 10.1 Å². The largest absolute Gasteiger partial charge is 0.396 e. The van der Waals surface area contributed by atoms with Crippen molar-refractivity contribution in [2.24, 2.45) is 5.92 Å². The van der Waals surface area contributed by atoms with E-state index in [9.17, 15) is 9.18 Å². The van der Waals surface area contributed by atoms with Crippen molar-refractivity contribution in [1.29, 1.82) is 0 Å². The number of hydrogen-bond donors (Lipinski definition) is 1. The third-order valence-electron chi connectivity index (χ3n) is 3.96. The second kappa shape index (κ2) is 6.22. The highest BCUT2D eigenvalue weighted by Gasteiger charge is 2.21. The van der Waals surface area contributed by atoms with Gasteiger partial charge < -0.3 is 15.5 Å². The lowest BCUT2D eigenvalue weighted by Gasteiger charge is -2.31. The standard InChI is InChI=1S/C15H22FN3O/c1-18-7-5-11(6-8-18)10-19(2)15(20)12-3-4-14(17)13(16)9-12/h3-4,9,11H,5-8,10,17H2,1-2H3. The number of hydrogen-bond acceptors (Lipinski definition) is 3. The number of carbonyl (C=O) groups excluding carboxylic acids is 1. The Labute approximate surface area is 119 Å². The smallest absolute Gasteiger partial charge is 0.253 e. The summed E-state index contributed by atoms with van der Waals surface area (Å²) >= 11 is 0. The van der Waals surface area contributed by atoms with Crippen molar-refractivity contribution in [3.63, 3.8) is 0 Å². The van der Waals surface area contributed by atoms with Crippen LogP contribution in [-0.4, -0.2) is 49.4 Å². The average molecular weight is 279 g/mol. The fraction of sp³-hybridized carbons (Fsp3) is 0.533. The van der Waals surface area contributed by atoms with Crippen LogP contribution in [0.2, 0.25) is 0 Å². The van der Waals surface area contributed by atoms with E-state index in [2.05, 4.69) is 11.9 Å². The molecule has 1 amide bonds. The maximum atomic E-state index is 13.4. The number of rotatable bonds is 3. The number of amides is 1. The van der Waals surface area contributed by atoms with Crippen molar-refractivity contribution in [2.45, 2.75) is 12.8 Å². The SMILES string of the molecule is CN1CCC(CN(C)C(=O)c2ccc(N)c(F)c2)CC1. The van der Waals surface area contributed by atoms with E-state index in [1.54, 1.807) is 18.0 Å². The topological polar surface area (TPSA) is 49.6 Å². The summed E-state index contributed by atoms with van der Waals surface area (Å²) in [6.45, 7) is 2.87. The highest BCUT2D eigenvalue weighted by molar-refractivity contribution is 5.94. The van der Waals surface area contributed by atoms with Gasteiger partial charge in [0.15, 0.2) is 0 Å². The van der Waals surface area contributed by atoms with Crippen LogP contribution in [0, 0.1) is 11.7 Å². The monoisotopic (exact) mass is 279 g/mol. The first kappa shape index (κ1) is 14.8. The molecule has 1 saturated heterocycles. The number of nitrogens with zero attached hydrogens (tertiary/aromatic N) is 2. The van der Waals surface area contributed by atoms with Gasteiger partial charge in [-0.25, -0.2) is 4.39 Å². The molecule has 5 heteroatoms. The van der Waals surface area contributed by atoms with Gasteiger partial charge in [-0.1, -0.05) is 0 Å². The van der Waals surface area contributed by atoms with Crippen molar-refractivity contribution in [1.82, 2.24) is 9.80 Å². The van der Waals surface area contributed by atoms with E-state index in [0.29, 0.717) is 11.5 Å². The van der Waals surface area contributed by atoms with Crippen molar-refractivity contribution < 1.29 is 9.18 Å². The van der Waals surface area contributed by atoms with Gasteiger partial charge in [0.05, 0.1) is 5.69 Å². The highest BCUT2D eigenvalue weighted by Crippen LogP contribution is 2.18. The zero-order valence-electron chi connectivity index (χ0n) is 12.1. The predicted octanol–water partition coefficient (Wildman–Crippen LogP) is 1.82. The minimum atomic E-state index is -0.538. The summed E-state index contributed by atoms with van der Waals surface area (Å²) in [4.78, 5) is 16.2. The van der Waals surface area contributed by atoms with Crippen LogP contribution in [0.1, 0.15) is 23.2 Å². The lowest BCUT2D eigenvalue weighted by Crippen LogP contribution is -2.38. The molecule has 1 heterocycles. The zero-order valence-corrected chi connectivity index (χ0v) is 12.1. The van der Waals surface area contributed by atoms with Gasteiger partial charge >= 0.3 is 0 Å². The molecule has 4 nitrogen and oxygen atoms in total. The minimum absolute atomic E-state index is 0.0690. The van der Waals surface area contributed by atoms with E-state index in [1.165, 1.54) is 12.1 Å². The number of anilines is 1. The fourth-order valence-corrected chi connectivity index (χ4v) is 2.60. The Morgan fingerprint density at radius 3 is 2.70 bits per heavy atom. The molecule has 1 aromatic rings.